The lowest BCUT2D eigenvalue weighted by Crippen LogP contribution is -2.24. The highest BCUT2D eigenvalue weighted by atomic mass is 16.5. The zero-order valence-electron chi connectivity index (χ0n) is 12.3. The molecule has 0 unspecified atom stereocenters. The van der Waals surface area contributed by atoms with Crippen LogP contribution in [-0.2, 0) is 6.54 Å². The van der Waals surface area contributed by atoms with Gasteiger partial charge in [-0.3, -0.25) is 0 Å². The first-order valence-corrected chi connectivity index (χ1v) is 6.99. The summed E-state index contributed by atoms with van der Waals surface area (Å²) < 4.78 is 8.66. The van der Waals surface area contributed by atoms with E-state index in [1.54, 1.807) is 24.3 Å². The van der Waals surface area contributed by atoms with Gasteiger partial charge in [0.25, 0.3) is 6.33 Å². The van der Waals surface area contributed by atoms with Gasteiger partial charge in [0.05, 0.1) is 13.3 Å². The maximum atomic E-state index is 5.13. The van der Waals surface area contributed by atoms with Crippen molar-refractivity contribution in [1.29, 1.82) is 0 Å². The number of hydrogen-bond acceptors (Lipinski definition) is 3. The summed E-state index contributed by atoms with van der Waals surface area (Å²) in [5.41, 5.74) is 2.21. The van der Waals surface area contributed by atoms with Crippen molar-refractivity contribution in [2.75, 3.05) is 7.11 Å². The predicted octanol–water partition coefficient (Wildman–Crippen LogP) is 2.11. The lowest BCUT2D eigenvalue weighted by atomic mass is 10.2. The van der Waals surface area contributed by atoms with Crippen molar-refractivity contribution in [1.82, 2.24) is 9.78 Å². The van der Waals surface area contributed by atoms with Crippen LogP contribution in [0.5, 0.6) is 5.75 Å². The van der Waals surface area contributed by atoms with Crippen LogP contribution < -0.4 is 9.41 Å². The van der Waals surface area contributed by atoms with Crippen molar-refractivity contribution in [3.05, 3.63) is 78.4 Å². The molecule has 5 nitrogen and oxygen atoms in total. The summed E-state index contributed by atoms with van der Waals surface area (Å²) in [6, 6.07) is 17.9. The second kappa shape index (κ2) is 6.67. The Morgan fingerprint density at radius 3 is 2.64 bits per heavy atom. The third kappa shape index (κ3) is 3.58. The monoisotopic (exact) mass is 293 g/mol. The van der Waals surface area contributed by atoms with Crippen molar-refractivity contribution in [3.8, 4) is 5.75 Å². The third-order valence-electron chi connectivity index (χ3n) is 3.21. The molecule has 22 heavy (non-hydrogen) atoms. The van der Waals surface area contributed by atoms with Gasteiger partial charge in [-0.05, 0) is 35.4 Å². The SMILES string of the molecule is COc1ccc(/C=N/[n+]2cnn(Cc3ccccc3)c2)cc1. The molecule has 1 aromatic heterocycles. The molecule has 0 radical (unpaired) electrons. The Balaban J connectivity index is 1.67. The lowest BCUT2D eigenvalue weighted by molar-refractivity contribution is -0.679. The van der Waals surface area contributed by atoms with Gasteiger partial charge in [-0.2, -0.15) is 0 Å². The van der Waals surface area contributed by atoms with E-state index in [1.807, 2.05) is 53.5 Å². The van der Waals surface area contributed by atoms with Crippen molar-refractivity contribution in [2.45, 2.75) is 6.54 Å². The highest BCUT2D eigenvalue weighted by molar-refractivity contribution is 5.79. The number of rotatable bonds is 5. The van der Waals surface area contributed by atoms with Crippen LogP contribution in [0.15, 0.2) is 72.4 Å². The summed E-state index contributed by atoms with van der Waals surface area (Å²) in [6.45, 7) is 0.728. The van der Waals surface area contributed by atoms with Gasteiger partial charge < -0.3 is 4.74 Å². The summed E-state index contributed by atoms with van der Waals surface area (Å²) in [6.07, 6.45) is 5.32. The van der Waals surface area contributed by atoms with E-state index in [4.69, 9.17) is 4.74 Å². The summed E-state index contributed by atoms with van der Waals surface area (Å²) in [5, 5.41) is 8.66. The van der Waals surface area contributed by atoms with Crippen molar-refractivity contribution in [3.63, 3.8) is 0 Å². The molecule has 0 saturated carbocycles. The number of aromatic nitrogens is 3. The summed E-state index contributed by atoms with van der Waals surface area (Å²) in [7, 11) is 1.65. The van der Waals surface area contributed by atoms with Gasteiger partial charge in [0, 0.05) is 5.10 Å². The minimum absolute atomic E-state index is 0.728. The van der Waals surface area contributed by atoms with E-state index >= 15 is 0 Å². The molecule has 0 N–H and O–H groups in total. The number of ether oxygens (including phenoxy) is 1. The van der Waals surface area contributed by atoms with Gasteiger partial charge in [-0.15, -0.1) is 14.5 Å². The summed E-state index contributed by atoms with van der Waals surface area (Å²) >= 11 is 0. The lowest BCUT2D eigenvalue weighted by Gasteiger charge is -1.97. The van der Waals surface area contributed by atoms with Crippen molar-refractivity contribution in [2.24, 2.45) is 5.10 Å². The molecule has 0 spiro atoms. The minimum atomic E-state index is 0.728. The van der Waals surface area contributed by atoms with Gasteiger partial charge in [0.15, 0.2) is 0 Å². The van der Waals surface area contributed by atoms with Gasteiger partial charge >= 0.3 is 0 Å². The van der Waals surface area contributed by atoms with E-state index in [-0.39, 0.29) is 0 Å². The van der Waals surface area contributed by atoms with E-state index in [0.29, 0.717) is 0 Å². The van der Waals surface area contributed by atoms with Gasteiger partial charge in [0.2, 0.25) is 6.33 Å². The molecule has 2 aromatic carbocycles. The van der Waals surface area contributed by atoms with Crippen molar-refractivity contribution < 1.29 is 9.41 Å². The average molecular weight is 293 g/mol. The molecule has 0 fully saturated rings. The first kappa shape index (κ1) is 14.0. The average Bonchev–Trinajstić information content (AvgIpc) is 3.02. The fourth-order valence-electron chi connectivity index (χ4n) is 2.05. The van der Waals surface area contributed by atoms with E-state index < -0.39 is 0 Å². The highest BCUT2D eigenvalue weighted by Gasteiger charge is 2.05. The molecule has 3 aromatic rings. The predicted molar refractivity (Wildman–Crippen MR) is 84.0 cm³/mol. The van der Waals surface area contributed by atoms with E-state index in [0.717, 1.165) is 17.9 Å². The molecular weight excluding hydrogens is 276 g/mol. The summed E-state index contributed by atoms with van der Waals surface area (Å²) in [4.78, 5) is 0. The fraction of sp³-hybridized carbons (Fsp3) is 0.118. The Kier molecular flexibility index (Phi) is 4.25. The molecule has 0 saturated heterocycles. The Morgan fingerprint density at radius 2 is 1.91 bits per heavy atom. The molecule has 0 aliphatic carbocycles. The molecule has 0 aliphatic heterocycles. The van der Waals surface area contributed by atoms with Crippen LogP contribution in [0.25, 0.3) is 0 Å². The zero-order chi connectivity index (χ0) is 15.2. The second-order valence-corrected chi connectivity index (χ2v) is 4.83. The minimum Gasteiger partial charge on any atom is -0.497 e. The normalized spacial score (nSPS) is 11.0. The van der Waals surface area contributed by atoms with Crippen LogP contribution in [-0.4, -0.2) is 23.1 Å². The second-order valence-electron chi connectivity index (χ2n) is 4.83. The number of benzene rings is 2. The van der Waals surface area contributed by atoms with Gasteiger partial charge in [0.1, 0.15) is 12.3 Å². The van der Waals surface area contributed by atoms with Crippen LogP contribution in [0.1, 0.15) is 11.1 Å². The van der Waals surface area contributed by atoms with Gasteiger partial charge in [-0.1, -0.05) is 30.3 Å². The molecule has 1 heterocycles. The Bertz CT molecular complexity index is 748. The van der Waals surface area contributed by atoms with Crippen LogP contribution in [0.4, 0.5) is 0 Å². The maximum absolute atomic E-state index is 5.13. The smallest absolute Gasteiger partial charge is 0.289 e. The Hall–Kier alpha value is -2.95. The van der Waals surface area contributed by atoms with E-state index in [9.17, 15) is 0 Å². The molecule has 110 valence electrons. The standard InChI is InChI=1S/C17H17N4O/c1-22-17-9-7-15(8-10-17)11-18-21-13-19-20(14-21)12-16-5-3-2-4-6-16/h2-11,13-14H,12H2,1H3/q+1/b18-11+. The van der Waals surface area contributed by atoms with Crippen LogP contribution >= 0.6 is 0 Å². The molecule has 0 aliphatic rings. The fourth-order valence-corrected chi connectivity index (χ4v) is 2.05. The largest absolute Gasteiger partial charge is 0.497 e. The van der Waals surface area contributed by atoms with E-state index in [1.165, 1.54) is 5.56 Å². The zero-order valence-corrected chi connectivity index (χ0v) is 12.3. The van der Waals surface area contributed by atoms with Crippen LogP contribution in [0, 0.1) is 0 Å². The van der Waals surface area contributed by atoms with Gasteiger partial charge in [-0.25, -0.2) is 0 Å². The molecular formula is C17H17N4O+. The number of hydrogen-bond donors (Lipinski definition) is 0. The van der Waals surface area contributed by atoms with E-state index in [2.05, 4.69) is 22.3 Å². The molecule has 0 atom stereocenters. The number of nitrogens with zero attached hydrogens (tertiary/aromatic N) is 4. The molecule has 5 heteroatoms. The Labute approximate surface area is 129 Å². The van der Waals surface area contributed by atoms with Crippen LogP contribution in [0.2, 0.25) is 0 Å². The molecule has 3 rings (SSSR count). The highest BCUT2D eigenvalue weighted by Crippen LogP contribution is 2.09. The first-order chi connectivity index (χ1) is 10.8. The molecule has 0 bridgehead atoms. The topological polar surface area (TPSA) is 43.3 Å². The van der Waals surface area contributed by atoms with Crippen molar-refractivity contribution >= 4 is 6.21 Å². The third-order valence-corrected chi connectivity index (χ3v) is 3.21. The maximum Gasteiger partial charge on any atom is 0.289 e. The molecule has 0 amide bonds. The Morgan fingerprint density at radius 1 is 1.14 bits per heavy atom. The first-order valence-electron chi connectivity index (χ1n) is 6.99. The summed E-state index contributed by atoms with van der Waals surface area (Å²) in [5.74, 6) is 0.834. The van der Waals surface area contributed by atoms with Crippen LogP contribution in [0.3, 0.4) is 0 Å². The quantitative estimate of drug-likeness (QED) is 0.534. The number of methoxy groups -OCH3 is 1.